The van der Waals surface area contributed by atoms with E-state index < -0.39 is 0 Å². The largest absolute Gasteiger partial charge is 0.493 e. The molecule has 0 radical (unpaired) electrons. The molecule has 2 amide bonds. The Morgan fingerprint density at radius 3 is 2.31 bits per heavy atom. The van der Waals surface area contributed by atoms with Crippen LogP contribution in [0, 0.1) is 6.92 Å². The van der Waals surface area contributed by atoms with Crippen LogP contribution in [0.25, 0.3) is 0 Å². The number of aryl methyl sites for hydroxylation is 1. The minimum Gasteiger partial charge on any atom is -0.493 e. The van der Waals surface area contributed by atoms with Gasteiger partial charge in [-0.1, -0.05) is 32.0 Å². The van der Waals surface area contributed by atoms with Crippen molar-refractivity contribution < 1.29 is 14.3 Å². The molecule has 1 aliphatic heterocycles. The van der Waals surface area contributed by atoms with Crippen LogP contribution in [0.5, 0.6) is 11.5 Å². The van der Waals surface area contributed by atoms with Crippen molar-refractivity contribution in [2.45, 2.75) is 26.7 Å². The minimum absolute atomic E-state index is 0.0919. The molecule has 0 spiro atoms. The summed E-state index contributed by atoms with van der Waals surface area (Å²) in [5, 5.41) is 2.97. The average molecular weight is 398 g/mol. The number of amides is 2. The lowest BCUT2D eigenvalue weighted by Crippen LogP contribution is -2.50. The number of benzene rings is 2. The average Bonchev–Trinajstić information content (AvgIpc) is 2.73. The van der Waals surface area contributed by atoms with Crippen LogP contribution in [0.2, 0.25) is 0 Å². The highest BCUT2D eigenvalue weighted by Crippen LogP contribution is 2.32. The van der Waals surface area contributed by atoms with Gasteiger partial charge in [0.05, 0.1) is 14.2 Å². The first-order chi connectivity index (χ1) is 13.9. The first-order valence-electron chi connectivity index (χ1n) is 10.1. The SMILES string of the molecule is COc1ccc(NC(=O)N2CCN(c3c(C)cccc3C(C)C)CC2)cc1OC. The molecule has 1 fully saturated rings. The second-order valence-corrected chi connectivity index (χ2v) is 7.64. The van der Waals surface area contributed by atoms with Crippen LogP contribution < -0.4 is 19.7 Å². The van der Waals surface area contributed by atoms with E-state index in [2.05, 4.69) is 49.2 Å². The summed E-state index contributed by atoms with van der Waals surface area (Å²) >= 11 is 0. The molecule has 6 heteroatoms. The highest BCUT2D eigenvalue weighted by Gasteiger charge is 2.24. The number of piperazine rings is 1. The number of carbonyl (C=O) groups excluding carboxylic acids is 1. The maximum absolute atomic E-state index is 12.7. The van der Waals surface area contributed by atoms with Crippen molar-refractivity contribution in [3.8, 4) is 11.5 Å². The van der Waals surface area contributed by atoms with Crippen molar-refractivity contribution in [2.24, 2.45) is 0 Å². The van der Waals surface area contributed by atoms with Crippen LogP contribution >= 0.6 is 0 Å². The molecule has 0 atom stereocenters. The number of carbonyl (C=O) groups is 1. The normalized spacial score (nSPS) is 14.1. The third kappa shape index (κ3) is 4.58. The molecule has 29 heavy (non-hydrogen) atoms. The zero-order valence-electron chi connectivity index (χ0n) is 18.0. The van der Waals surface area contributed by atoms with Crippen molar-refractivity contribution in [1.29, 1.82) is 0 Å². The van der Waals surface area contributed by atoms with Gasteiger partial charge in [0.2, 0.25) is 0 Å². The van der Waals surface area contributed by atoms with Gasteiger partial charge < -0.3 is 24.6 Å². The van der Waals surface area contributed by atoms with Gasteiger partial charge in [-0.05, 0) is 36.1 Å². The van der Waals surface area contributed by atoms with E-state index in [0.717, 1.165) is 13.1 Å². The molecule has 0 aliphatic carbocycles. The van der Waals surface area contributed by atoms with E-state index >= 15 is 0 Å². The maximum Gasteiger partial charge on any atom is 0.321 e. The number of ether oxygens (including phenoxy) is 2. The molecule has 2 aromatic carbocycles. The third-order valence-corrected chi connectivity index (χ3v) is 5.41. The van der Waals surface area contributed by atoms with Crippen molar-refractivity contribution in [1.82, 2.24) is 4.90 Å². The van der Waals surface area contributed by atoms with Gasteiger partial charge in [0.25, 0.3) is 0 Å². The lowest BCUT2D eigenvalue weighted by atomic mass is 9.97. The number of nitrogens with one attached hydrogen (secondary N) is 1. The predicted molar refractivity (Wildman–Crippen MR) is 118 cm³/mol. The van der Waals surface area contributed by atoms with Gasteiger partial charge in [0.15, 0.2) is 11.5 Å². The van der Waals surface area contributed by atoms with Crippen LogP contribution in [0.3, 0.4) is 0 Å². The van der Waals surface area contributed by atoms with E-state index in [1.807, 2.05) is 11.0 Å². The van der Waals surface area contributed by atoms with Gasteiger partial charge in [-0.2, -0.15) is 0 Å². The second-order valence-electron chi connectivity index (χ2n) is 7.64. The van der Waals surface area contributed by atoms with E-state index in [-0.39, 0.29) is 6.03 Å². The van der Waals surface area contributed by atoms with Crippen LogP contribution in [0.4, 0.5) is 16.2 Å². The van der Waals surface area contributed by atoms with Crippen LogP contribution in [0.15, 0.2) is 36.4 Å². The molecule has 2 aromatic rings. The first-order valence-corrected chi connectivity index (χ1v) is 10.1. The quantitative estimate of drug-likeness (QED) is 0.808. The molecule has 6 nitrogen and oxygen atoms in total. The number of hydrogen-bond donors (Lipinski definition) is 1. The Bertz CT molecular complexity index is 858. The molecule has 0 aromatic heterocycles. The fourth-order valence-corrected chi connectivity index (χ4v) is 3.83. The number of para-hydroxylation sites is 1. The fraction of sp³-hybridized carbons (Fsp3) is 0.435. The van der Waals surface area contributed by atoms with Crippen molar-refractivity contribution in [3.63, 3.8) is 0 Å². The fourth-order valence-electron chi connectivity index (χ4n) is 3.83. The summed E-state index contributed by atoms with van der Waals surface area (Å²) < 4.78 is 10.6. The Morgan fingerprint density at radius 1 is 1.00 bits per heavy atom. The molecule has 0 bridgehead atoms. The Morgan fingerprint density at radius 2 is 1.69 bits per heavy atom. The maximum atomic E-state index is 12.7. The van der Waals surface area contributed by atoms with Crippen LogP contribution in [0.1, 0.15) is 30.9 Å². The first kappa shape index (κ1) is 20.8. The van der Waals surface area contributed by atoms with E-state index in [1.165, 1.54) is 16.8 Å². The van der Waals surface area contributed by atoms with Crippen molar-refractivity contribution in [3.05, 3.63) is 47.5 Å². The molecule has 1 N–H and O–H groups in total. The standard InChI is InChI=1S/C23H31N3O3/c1-16(2)19-8-6-7-17(3)22(19)25-11-13-26(14-12-25)23(27)24-18-9-10-20(28-4)21(15-18)29-5/h6-10,15-16H,11-14H2,1-5H3,(H,24,27). The van der Waals surface area contributed by atoms with Gasteiger partial charge in [-0.15, -0.1) is 0 Å². The molecular weight excluding hydrogens is 366 g/mol. The summed E-state index contributed by atoms with van der Waals surface area (Å²) in [5.41, 5.74) is 4.67. The number of anilines is 2. The molecule has 0 saturated carbocycles. The summed E-state index contributed by atoms with van der Waals surface area (Å²) in [6, 6.07) is 11.8. The van der Waals surface area contributed by atoms with Crippen LogP contribution in [-0.2, 0) is 0 Å². The molecule has 1 heterocycles. The van der Waals surface area contributed by atoms with E-state index in [1.54, 1.807) is 26.4 Å². The Labute approximate surface area is 173 Å². The zero-order chi connectivity index (χ0) is 21.0. The lowest BCUT2D eigenvalue weighted by molar-refractivity contribution is 0.208. The number of urea groups is 1. The van der Waals surface area contributed by atoms with Gasteiger partial charge in [0, 0.05) is 43.6 Å². The number of nitrogens with zero attached hydrogens (tertiary/aromatic N) is 2. The molecule has 1 saturated heterocycles. The second kappa shape index (κ2) is 9.07. The summed E-state index contributed by atoms with van der Waals surface area (Å²) in [4.78, 5) is 17.0. The minimum atomic E-state index is -0.0919. The van der Waals surface area contributed by atoms with Gasteiger partial charge >= 0.3 is 6.03 Å². The summed E-state index contributed by atoms with van der Waals surface area (Å²) in [6.45, 7) is 9.64. The Balaban J connectivity index is 1.65. The topological polar surface area (TPSA) is 54.0 Å². The van der Waals surface area contributed by atoms with Crippen molar-refractivity contribution >= 4 is 17.4 Å². The summed E-state index contributed by atoms with van der Waals surface area (Å²) in [6.07, 6.45) is 0. The summed E-state index contributed by atoms with van der Waals surface area (Å²) in [7, 11) is 3.18. The molecule has 156 valence electrons. The van der Waals surface area contributed by atoms with Crippen molar-refractivity contribution in [2.75, 3.05) is 50.6 Å². The van der Waals surface area contributed by atoms with Gasteiger partial charge in [-0.25, -0.2) is 4.79 Å². The Hall–Kier alpha value is -2.89. The molecular formula is C23H31N3O3. The third-order valence-electron chi connectivity index (χ3n) is 5.41. The van der Waals surface area contributed by atoms with E-state index in [4.69, 9.17) is 9.47 Å². The predicted octanol–water partition coefficient (Wildman–Crippen LogP) is 4.49. The van der Waals surface area contributed by atoms with E-state index in [9.17, 15) is 4.79 Å². The number of methoxy groups -OCH3 is 2. The highest BCUT2D eigenvalue weighted by atomic mass is 16.5. The van der Waals surface area contributed by atoms with Gasteiger partial charge in [0.1, 0.15) is 0 Å². The number of hydrogen-bond acceptors (Lipinski definition) is 4. The smallest absolute Gasteiger partial charge is 0.321 e. The monoisotopic (exact) mass is 397 g/mol. The molecule has 1 aliphatic rings. The Kier molecular flexibility index (Phi) is 6.52. The lowest BCUT2D eigenvalue weighted by Gasteiger charge is -2.38. The van der Waals surface area contributed by atoms with Gasteiger partial charge in [-0.3, -0.25) is 0 Å². The summed E-state index contributed by atoms with van der Waals surface area (Å²) in [5.74, 6) is 1.70. The van der Waals surface area contributed by atoms with Crippen LogP contribution in [-0.4, -0.2) is 51.3 Å². The highest BCUT2D eigenvalue weighted by molar-refractivity contribution is 5.90. The number of rotatable bonds is 5. The van der Waals surface area contributed by atoms with E-state index in [0.29, 0.717) is 36.2 Å². The molecule has 0 unspecified atom stereocenters. The molecule has 3 rings (SSSR count). The zero-order valence-corrected chi connectivity index (χ0v) is 18.0.